The third kappa shape index (κ3) is 3.33. The Morgan fingerprint density at radius 1 is 1.00 bits per heavy atom. The first kappa shape index (κ1) is 21.3. The van der Waals surface area contributed by atoms with Gasteiger partial charge in [0, 0.05) is 36.8 Å². The van der Waals surface area contributed by atoms with E-state index in [0.717, 1.165) is 35.6 Å². The second-order valence-corrected chi connectivity index (χ2v) is 6.91. The molecule has 0 saturated heterocycles. The quantitative estimate of drug-likeness (QED) is 0.491. The number of amides is 1. The number of nitrogens with two attached hydrogens (primary N) is 1. The lowest BCUT2D eigenvalue weighted by molar-refractivity contribution is -0.141. The molecule has 164 valence electrons. The van der Waals surface area contributed by atoms with Crippen LogP contribution in [0.5, 0.6) is 0 Å². The number of halogens is 5. The van der Waals surface area contributed by atoms with E-state index in [-0.39, 0.29) is 28.2 Å². The second-order valence-electron chi connectivity index (χ2n) is 6.91. The van der Waals surface area contributed by atoms with Gasteiger partial charge in [0.25, 0.3) is 5.91 Å². The average molecular weight is 448 g/mol. The maximum Gasteiger partial charge on any atom is 0.433 e. The van der Waals surface area contributed by atoms with Gasteiger partial charge in [-0.05, 0) is 35.4 Å². The van der Waals surface area contributed by atoms with Gasteiger partial charge in [-0.3, -0.25) is 14.7 Å². The molecule has 1 atom stereocenters. The normalized spacial score (nSPS) is 18.8. The first-order valence-electron chi connectivity index (χ1n) is 8.99. The second kappa shape index (κ2) is 7.32. The van der Waals surface area contributed by atoms with Crippen LogP contribution >= 0.6 is 0 Å². The van der Waals surface area contributed by atoms with Gasteiger partial charge >= 0.3 is 12.3 Å². The van der Waals surface area contributed by atoms with Crippen molar-refractivity contribution in [3.05, 3.63) is 77.6 Å². The van der Waals surface area contributed by atoms with Crippen LogP contribution in [-0.2, 0) is 16.5 Å². The summed E-state index contributed by atoms with van der Waals surface area (Å²) in [6.45, 7) is 0. The molecular weight excluding hydrogens is 435 g/mol. The molecule has 3 aromatic rings. The highest BCUT2D eigenvalue weighted by Gasteiger charge is 2.52. The summed E-state index contributed by atoms with van der Waals surface area (Å²) < 4.78 is 68.0. The van der Waals surface area contributed by atoms with Crippen LogP contribution in [0.4, 0.5) is 22.0 Å². The number of likely N-dealkylation sites (N-methyl/N-ethyl adjacent to an activating group) is 1. The fraction of sp³-hybridized carbons (Fsp3) is 0.150. The van der Waals surface area contributed by atoms with E-state index in [0.29, 0.717) is 6.07 Å². The number of aliphatic imine (C=N–C) groups is 1. The number of alkyl halides is 3. The number of pyridine rings is 1. The minimum atomic E-state index is -4.81. The van der Waals surface area contributed by atoms with E-state index in [9.17, 15) is 22.4 Å². The molecule has 1 aliphatic heterocycles. The average Bonchev–Trinajstić information content (AvgIpc) is 2.99. The van der Waals surface area contributed by atoms with E-state index < -0.39 is 35.2 Å². The molecule has 0 spiro atoms. The molecule has 2 N–H and O–H groups in total. The number of carbonyl (C=O) groups excluding carboxylic acids is 1. The van der Waals surface area contributed by atoms with Gasteiger partial charge in [-0.25, -0.2) is 19.4 Å². The van der Waals surface area contributed by atoms with Crippen LogP contribution in [0.2, 0.25) is 0 Å². The maximum atomic E-state index is 15.1. The van der Waals surface area contributed by atoms with Gasteiger partial charge in [0.1, 0.15) is 11.5 Å². The number of rotatable bonds is 3. The van der Waals surface area contributed by atoms with E-state index in [1.165, 1.54) is 19.2 Å². The monoisotopic (exact) mass is 448 g/mol. The predicted molar refractivity (Wildman–Crippen MR) is 102 cm³/mol. The molecule has 0 fully saturated rings. The molecule has 4 rings (SSSR count). The third-order valence-corrected chi connectivity index (χ3v) is 5.02. The zero-order chi connectivity index (χ0) is 23.3. The smallest absolute Gasteiger partial charge is 0.369 e. The van der Waals surface area contributed by atoms with Gasteiger partial charge in [0.15, 0.2) is 11.5 Å². The van der Waals surface area contributed by atoms with E-state index in [1.54, 1.807) is 0 Å². The highest BCUT2D eigenvalue weighted by atomic mass is 19.4. The molecule has 7 nitrogen and oxygen atoms in total. The Morgan fingerprint density at radius 2 is 1.69 bits per heavy atom. The van der Waals surface area contributed by atoms with Gasteiger partial charge in [0.2, 0.25) is 0 Å². The first-order chi connectivity index (χ1) is 15.0. The van der Waals surface area contributed by atoms with Crippen molar-refractivity contribution in [2.24, 2.45) is 10.7 Å². The molecule has 12 heteroatoms. The Morgan fingerprint density at radius 3 is 2.28 bits per heavy atom. The summed E-state index contributed by atoms with van der Waals surface area (Å²) in [5, 5.41) is 0. The molecule has 0 aliphatic carbocycles. The van der Waals surface area contributed by atoms with Crippen molar-refractivity contribution in [2.75, 3.05) is 7.05 Å². The molecule has 1 unspecified atom stereocenters. The van der Waals surface area contributed by atoms with Gasteiger partial charge in [-0.2, -0.15) is 17.6 Å². The molecule has 3 heterocycles. The molecule has 2 aromatic heterocycles. The molecular formula is C20H13F5N6O. The van der Waals surface area contributed by atoms with E-state index in [4.69, 9.17) is 5.73 Å². The minimum absolute atomic E-state index is 0.275. The van der Waals surface area contributed by atoms with Crippen LogP contribution in [-0.4, -0.2) is 38.8 Å². The highest BCUT2D eigenvalue weighted by molar-refractivity contribution is 6.09. The highest BCUT2D eigenvalue weighted by Crippen LogP contribution is 2.43. The van der Waals surface area contributed by atoms with E-state index >= 15 is 4.39 Å². The first-order valence-corrected chi connectivity index (χ1v) is 8.99. The topological polar surface area (TPSA) is 97.4 Å². The van der Waals surface area contributed by atoms with E-state index in [2.05, 4.69) is 19.9 Å². The summed E-state index contributed by atoms with van der Waals surface area (Å²) in [7, 11) is 1.27. The molecule has 0 bridgehead atoms. The van der Waals surface area contributed by atoms with Crippen LogP contribution in [0, 0.1) is 11.9 Å². The molecule has 1 amide bonds. The van der Waals surface area contributed by atoms with Crippen molar-refractivity contribution in [1.82, 2.24) is 19.9 Å². The maximum absolute atomic E-state index is 15.1. The Bertz CT molecular complexity index is 1240. The summed E-state index contributed by atoms with van der Waals surface area (Å²) >= 11 is 0. The minimum Gasteiger partial charge on any atom is -0.369 e. The summed E-state index contributed by atoms with van der Waals surface area (Å²) in [6, 6.07) is 5.32. The zero-order valence-electron chi connectivity index (χ0n) is 16.2. The number of guanidine groups is 1. The lowest BCUT2D eigenvalue weighted by atomic mass is 9.81. The number of benzene rings is 1. The SMILES string of the molecule is CN1C(=O)C(c2ccnc(C(F)(F)F)c2)(c2cc(-c3cnc(F)nc3)ccc2F)N=C1N. The van der Waals surface area contributed by atoms with Crippen LogP contribution < -0.4 is 5.73 Å². The van der Waals surface area contributed by atoms with Crippen LogP contribution in [0.1, 0.15) is 16.8 Å². The van der Waals surface area contributed by atoms with Gasteiger partial charge < -0.3 is 5.73 Å². The summed E-state index contributed by atoms with van der Waals surface area (Å²) in [4.78, 5) is 28.4. The number of carbonyl (C=O) groups is 1. The van der Waals surface area contributed by atoms with Crippen molar-refractivity contribution in [2.45, 2.75) is 11.7 Å². The lowest BCUT2D eigenvalue weighted by Crippen LogP contribution is -2.41. The number of aromatic nitrogens is 3. The number of hydrogen-bond donors (Lipinski definition) is 1. The van der Waals surface area contributed by atoms with Gasteiger partial charge in [-0.1, -0.05) is 6.07 Å². The fourth-order valence-corrected chi connectivity index (χ4v) is 3.41. The Labute approximate surface area is 177 Å². The van der Waals surface area contributed by atoms with Crippen molar-refractivity contribution >= 4 is 11.9 Å². The van der Waals surface area contributed by atoms with Crippen molar-refractivity contribution in [1.29, 1.82) is 0 Å². The lowest BCUT2D eigenvalue weighted by Gasteiger charge is -2.27. The largest absolute Gasteiger partial charge is 0.433 e. The molecule has 1 aromatic carbocycles. The Hall–Kier alpha value is -3.96. The van der Waals surface area contributed by atoms with Gasteiger partial charge in [-0.15, -0.1) is 0 Å². The Balaban J connectivity index is 1.99. The van der Waals surface area contributed by atoms with Crippen LogP contribution in [0.3, 0.4) is 0 Å². The van der Waals surface area contributed by atoms with Crippen molar-refractivity contribution in [3.63, 3.8) is 0 Å². The summed E-state index contributed by atoms with van der Waals surface area (Å²) in [5.41, 5.74) is 2.21. The number of hydrogen-bond acceptors (Lipinski definition) is 6. The zero-order valence-corrected chi connectivity index (χ0v) is 16.2. The molecule has 0 radical (unpaired) electrons. The summed E-state index contributed by atoms with van der Waals surface area (Å²) in [6.07, 6.45) is -2.66. The van der Waals surface area contributed by atoms with Crippen LogP contribution in [0.25, 0.3) is 11.1 Å². The predicted octanol–water partition coefficient (Wildman–Crippen LogP) is 2.87. The number of nitrogens with zero attached hydrogens (tertiary/aromatic N) is 5. The van der Waals surface area contributed by atoms with E-state index in [1.807, 2.05) is 0 Å². The molecule has 32 heavy (non-hydrogen) atoms. The molecule has 1 aliphatic rings. The Kier molecular flexibility index (Phi) is 4.87. The summed E-state index contributed by atoms with van der Waals surface area (Å²) in [5.74, 6) is -2.08. The van der Waals surface area contributed by atoms with Crippen LogP contribution in [0.15, 0.2) is 53.9 Å². The molecule has 0 saturated carbocycles. The van der Waals surface area contributed by atoms with Gasteiger partial charge in [0.05, 0.1) is 0 Å². The van der Waals surface area contributed by atoms with Crippen molar-refractivity contribution < 1.29 is 26.7 Å². The fourth-order valence-electron chi connectivity index (χ4n) is 3.41. The third-order valence-electron chi connectivity index (χ3n) is 5.02. The standard InChI is InChI=1S/C20H13F5N6O/c1-31-16(32)19(30-18(31)26,12-4-5-27-15(7-12)20(23,24)25)13-6-10(2-3-14(13)21)11-8-28-17(22)29-9-11/h2-9H,1H3,(H2,26,30). The van der Waals surface area contributed by atoms with Crippen molar-refractivity contribution in [3.8, 4) is 11.1 Å².